The van der Waals surface area contributed by atoms with Crippen molar-refractivity contribution in [3.63, 3.8) is 0 Å². The molecule has 0 aliphatic carbocycles. The Labute approximate surface area is 166 Å². The zero-order valence-electron chi connectivity index (χ0n) is 16.4. The smallest absolute Gasteiger partial charge is 0.191 e. The predicted octanol–water partition coefficient (Wildman–Crippen LogP) is 3.13. The summed E-state index contributed by atoms with van der Waals surface area (Å²) in [5.41, 5.74) is 1.19. The Morgan fingerprint density at radius 1 is 1.22 bits per heavy atom. The number of aromatic nitrogens is 2. The number of aryl methyl sites for hydroxylation is 1. The lowest BCUT2D eigenvalue weighted by Gasteiger charge is -2.27. The van der Waals surface area contributed by atoms with Gasteiger partial charge in [0.1, 0.15) is 5.82 Å². The molecule has 1 saturated heterocycles. The molecule has 0 atom stereocenters. The third-order valence-electron chi connectivity index (χ3n) is 4.55. The first kappa shape index (κ1) is 19.6. The molecule has 1 aliphatic heterocycles. The molecule has 0 radical (unpaired) electrons. The van der Waals surface area contributed by atoms with Gasteiger partial charge in [-0.05, 0) is 50.8 Å². The van der Waals surface area contributed by atoms with Crippen LogP contribution in [0.2, 0.25) is 0 Å². The maximum absolute atomic E-state index is 4.74. The fourth-order valence-electron chi connectivity index (χ4n) is 3.17. The highest BCUT2D eigenvalue weighted by Crippen LogP contribution is 2.18. The second kappa shape index (κ2) is 10.3. The Kier molecular flexibility index (Phi) is 7.45. The minimum atomic E-state index is 0.648. The molecule has 0 spiro atoms. The summed E-state index contributed by atoms with van der Waals surface area (Å²) in [4.78, 5) is 17.3. The lowest BCUT2D eigenvalue weighted by Crippen LogP contribution is -2.38. The van der Waals surface area contributed by atoms with E-state index in [2.05, 4.69) is 51.5 Å². The number of anilines is 1. The molecule has 2 N–H and O–H groups in total. The number of thiazole rings is 1. The topological polar surface area (TPSA) is 65.4 Å². The SMILES string of the molecule is CCNC(=NCc1ccnc(N2CCCCC2)c1)NCCc1ncc(C)s1. The van der Waals surface area contributed by atoms with E-state index >= 15 is 0 Å². The number of hydrogen-bond acceptors (Lipinski definition) is 5. The highest BCUT2D eigenvalue weighted by atomic mass is 32.1. The van der Waals surface area contributed by atoms with E-state index in [1.165, 1.54) is 29.7 Å². The Balaban J connectivity index is 1.55. The van der Waals surface area contributed by atoms with Gasteiger partial charge in [-0.3, -0.25) is 0 Å². The average molecular weight is 387 g/mol. The van der Waals surface area contributed by atoms with E-state index in [-0.39, 0.29) is 0 Å². The Bertz CT molecular complexity index is 736. The zero-order chi connectivity index (χ0) is 18.9. The van der Waals surface area contributed by atoms with Crippen molar-refractivity contribution in [2.75, 3.05) is 31.1 Å². The quantitative estimate of drug-likeness (QED) is 0.565. The van der Waals surface area contributed by atoms with E-state index in [1.807, 2.05) is 12.4 Å². The van der Waals surface area contributed by atoms with Crippen LogP contribution in [0.4, 0.5) is 5.82 Å². The summed E-state index contributed by atoms with van der Waals surface area (Å²) in [5, 5.41) is 7.89. The maximum atomic E-state index is 4.74. The van der Waals surface area contributed by atoms with Crippen molar-refractivity contribution in [1.29, 1.82) is 0 Å². The number of aliphatic imine (C=N–C) groups is 1. The van der Waals surface area contributed by atoms with Gasteiger partial charge in [0.05, 0.1) is 11.6 Å². The van der Waals surface area contributed by atoms with Gasteiger partial charge in [0.2, 0.25) is 0 Å². The van der Waals surface area contributed by atoms with E-state index in [0.29, 0.717) is 6.54 Å². The van der Waals surface area contributed by atoms with E-state index in [4.69, 9.17) is 4.99 Å². The molecule has 2 aromatic rings. The minimum Gasteiger partial charge on any atom is -0.357 e. The van der Waals surface area contributed by atoms with Gasteiger partial charge < -0.3 is 15.5 Å². The molecule has 2 aromatic heterocycles. The molecule has 3 rings (SSSR count). The monoisotopic (exact) mass is 386 g/mol. The summed E-state index contributed by atoms with van der Waals surface area (Å²) in [6.45, 7) is 8.72. The van der Waals surface area contributed by atoms with Crippen LogP contribution >= 0.6 is 11.3 Å². The van der Waals surface area contributed by atoms with Crippen LogP contribution in [-0.2, 0) is 13.0 Å². The second-order valence-corrected chi connectivity index (χ2v) is 8.13. The molecule has 7 heteroatoms. The summed E-state index contributed by atoms with van der Waals surface area (Å²) in [6, 6.07) is 4.23. The molecule has 1 fully saturated rings. The third kappa shape index (κ3) is 6.20. The van der Waals surface area contributed by atoms with E-state index < -0.39 is 0 Å². The first-order chi connectivity index (χ1) is 13.2. The first-order valence-corrected chi connectivity index (χ1v) is 10.7. The number of guanidine groups is 1. The van der Waals surface area contributed by atoms with Gasteiger partial charge in [-0.1, -0.05) is 0 Å². The van der Waals surface area contributed by atoms with Crippen molar-refractivity contribution in [3.8, 4) is 0 Å². The molecule has 0 unspecified atom stereocenters. The van der Waals surface area contributed by atoms with Crippen LogP contribution in [0, 0.1) is 6.92 Å². The second-order valence-electron chi connectivity index (χ2n) is 6.81. The van der Waals surface area contributed by atoms with Crippen molar-refractivity contribution in [1.82, 2.24) is 20.6 Å². The largest absolute Gasteiger partial charge is 0.357 e. The molecular formula is C20H30N6S. The van der Waals surface area contributed by atoms with Crippen molar-refractivity contribution >= 4 is 23.1 Å². The van der Waals surface area contributed by atoms with Gasteiger partial charge in [-0.25, -0.2) is 15.0 Å². The fraction of sp³-hybridized carbons (Fsp3) is 0.550. The molecule has 27 heavy (non-hydrogen) atoms. The molecule has 0 bridgehead atoms. The summed E-state index contributed by atoms with van der Waals surface area (Å²) in [6.07, 6.45) is 8.60. The van der Waals surface area contributed by atoms with Crippen LogP contribution in [0.15, 0.2) is 29.5 Å². The van der Waals surface area contributed by atoms with Crippen LogP contribution in [0.5, 0.6) is 0 Å². The van der Waals surface area contributed by atoms with Crippen LogP contribution in [0.3, 0.4) is 0 Å². The van der Waals surface area contributed by atoms with Crippen LogP contribution in [0.1, 0.15) is 41.6 Å². The number of nitrogens with one attached hydrogen (secondary N) is 2. The van der Waals surface area contributed by atoms with Gasteiger partial charge in [-0.2, -0.15) is 0 Å². The van der Waals surface area contributed by atoms with Gasteiger partial charge in [0.15, 0.2) is 5.96 Å². The standard InChI is InChI=1S/C20H30N6S/c1-3-21-20(23-10-8-19-24-14-16(2)27-19)25-15-17-7-9-22-18(13-17)26-11-5-4-6-12-26/h7,9,13-14H,3-6,8,10-12,15H2,1-2H3,(H2,21,23,25). The molecular weight excluding hydrogens is 356 g/mol. The predicted molar refractivity (Wildman–Crippen MR) is 114 cm³/mol. The number of nitrogens with zero attached hydrogens (tertiary/aromatic N) is 4. The van der Waals surface area contributed by atoms with Crippen molar-refractivity contribution in [2.24, 2.45) is 4.99 Å². The zero-order valence-corrected chi connectivity index (χ0v) is 17.2. The fourth-order valence-corrected chi connectivity index (χ4v) is 3.96. The molecule has 3 heterocycles. The van der Waals surface area contributed by atoms with Crippen molar-refractivity contribution < 1.29 is 0 Å². The maximum Gasteiger partial charge on any atom is 0.191 e. The van der Waals surface area contributed by atoms with Gasteiger partial charge in [0, 0.05) is 49.9 Å². The summed E-state index contributed by atoms with van der Waals surface area (Å²) in [7, 11) is 0. The minimum absolute atomic E-state index is 0.648. The highest BCUT2D eigenvalue weighted by molar-refractivity contribution is 7.11. The molecule has 146 valence electrons. The number of pyridine rings is 1. The molecule has 1 aliphatic rings. The van der Waals surface area contributed by atoms with Crippen LogP contribution in [-0.4, -0.2) is 42.1 Å². The van der Waals surface area contributed by atoms with Gasteiger partial charge in [0.25, 0.3) is 0 Å². The van der Waals surface area contributed by atoms with Crippen molar-refractivity contribution in [2.45, 2.75) is 46.1 Å². The van der Waals surface area contributed by atoms with E-state index in [9.17, 15) is 0 Å². The normalized spacial score (nSPS) is 15.0. The Hall–Kier alpha value is -2.15. The van der Waals surface area contributed by atoms with Gasteiger partial charge >= 0.3 is 0 Å². The lowest BCUT2D eigenvalue weighted by atomic mass is 10.1. The first-order valence-electron chi connectivity index (χ1n) is 9.88. The summed E-state index contributed by atoms with van der Waals surface area (Å²) >= 11 is 1.76. The van der Waals surface area contributed by atoms with Crippen LogP contribution in [0.25, 0.3) is 0 Å². The molecule has 0 aromatic carbocycles. The lowest BCUT2D eigenvalue weighted by molar-refractivity contribution is 0.573. The Morgan fingerprint density at radius 2 is 2.07 bits per heavy atom. The average Bonchev–Trinajstić information content (AvgIpc) is 3.12. The third-order valence-corrected chi connectivity index (χ3v) is 5.53. The number of piperidine rings is 1. The highest BCUT2D eigenvalue weighted by Gasteiger charge is 2.12. The number of rotatable bonds is 7. The molecule has 0 saturated carbocycles. The summed E-state index contributed by atoms with van der Waals surface area (Å²) < 4.78 is 0. The molecule has 0 amide bonds. The van der Waals surface area contributed by atoms with Crippen molar-refractivity contribution in [3.05, 3.63) is 40.0 Å². The Morgan fingerprint density at radius 3 is 2.81 bits per heavy atom. The summed E-state index contributed by atoms with van der Waals surface area (Å²) in [5.74, 6) is 1.93. The van der Waals surface area contributed by atoms with E-state index in [1.54, 1.807) is 11.3 Å². The van der Waals surface area contributed by atoms with Crippen LogP contribution < -0.4 is 15.5 Å². The molecule has 6 nitrogen and oxygen atoms in total. The van der Waals surface area contributed by atoms with Gasteiger partial charge in [-0.15, -0.1) is 11.3 Å². The number of hydrogen-bond donors (Lipinski definition) is 2. The van der Waals surface area contributed by atoms with E-state index in [0.717, 1.165) is 49.4 Å².